The summed E-state index contributed by atoms with van der Waals surface area (Å²) in [6.07, 6.45) is 1.15. The number of nitrogens with one attached hydrogen (secondary N) is 2. The Balaban J connectivity index is 1.78. The summed E-state index contributed by atoms with van der Waals surface area (Å²) in [5.41, 5.74) is -1.51. The largest absolute Gasteiger partial charge is 0.433 e. The topological polar surface area (TPSA) is 91.4 Å². The smallest absolute Gasteiger partial charge is 0.356 e. The summed E-state index contributed by atoms with van der Waals surface area (Å²) in [4.78, 5) is 18.0. The highest BCUT2D eigenvalue weighted by Gasteiger charge is 2.33. The molecule has 36 heavy (non-hydrogen) atoms. The third kappa shape index (κ3) is 7.15. The van der Waals surface area contributed by atoms with Crippen molar-refractivity contribution in [3.63, 3.8) is 0 Å². The Morgan fingerprint density at radius 1 is 1.11 bits per heavy atom. The normalized spacial score (nSPS) is 15.7. The average Bonchev–Trinajstić information content (AvgIpc) is 2.79. The van der Waals surface area contributed by atoms with Gasteiger partial charge in [0.05, 0.1) is 12.3 Å². The van der Waals surface area contributed by atoms with Crippen LogP contribution in [0.1, 0.15) is 49.0 Å². The SMILES string of the molecule is CC(NC(=O)C=Cc1ccc(C(F)(F)F)nc1N1CCCCC1)c1cc(F)c(NS(C)(=O)=O)c(F)c1. The van der Waals surface area contributed by atoms with Crippen LogP contribution in [-0.2, 0) is 21.0 Å². The van der Waals surface area contributed by atoms with E-state index in [0.29, 0.717) is 18.7 Å². The number of rotatable bonds is 7. The van der Waals surface area contributed by atoms with Crippen LogP contribution in [0.2, 0.25) is 0 Å². The third-order valence-electron chi connectivity index (χ3n) is 5.48. The lowest BCUT2D eigenvalue weighted by Gasteiger charge is -2.29. The fourth-order valence-electron chi connectivity index (χ4n) is 3.74. The summed E-state index contributed by atoms with van der Waals surface area (Å²) < 4.78 is 92.4. The summed E-state index contributed by atoms with van der Waals surface area (Å²) in [7, 11) is -3.91. The molecule has 0 aliphatic carbocycles. The number of piperidine rings is 1. The maximum absolute atomic E-state index is 14.3. The Morgan fingerprint density at radius 2 is 1.72 bits per heavy atom. The zero-order chi connectivity index (χ0) is 26.7. The van der Waals surface area contributed by atoms with Gasteiger partial charge in [-0.25, -0.2) is 22.2 Å². The highest BCUT2D eigenvalue weighted by molar-refractivity contribution is 7.92. The molecular weight excluding hydrogens is 507 g/mol. The fraction of sp³-hybridized carbons (Fsp3) is 0.391. The summed E-state index contributed by atoms with van der Waals surface area (Å²) in [5.74, 6) is -2.85. The lowest BCUT2D eigenvalue weighted by atomic mass is 10.1. The van der Waals surface area contributed by atoms with Gasteiger partial charge in [-0.05, 0) is 62.1 Å². The van der Waals surface area contributed by atoms with Crippen molar-refractivity contribution in [2.45, 2.75) is 38.4 Å². The monoisotopic (exact) mass is 532 g/mol. The molecule has 13 heteroatoms. The number of carbonyl (C=O) groups is 1. The third-order valence-corrected chi connectivity index (χ3v) is 6.05. The predicted octanol–water partition coefficient (Wildman–Crippen LogP) is 4.63. The zero-order valence-electron chi connectivity index (χ0n) is 19.5. The Morgan fingerprint density at radius 3 is 2.28 bits per heavy atom. The first-order chi connectivity index (χ1) is 16.7. The van der Waals surface area contributed by atoms with Crippen LogP contribution in [0.15, 0.2) is 30.3 Å². The van der Waals surface area contributed by atoms with Gasteiger partial charge >= 0.3 is 6.18 Å². The molecule has 2 N–H and O–H groups in total. The number of sulfonamides is 1. The number of nitrogens with zero attached hydrogens (tertiary/aromatic N) is 2. The summed E-state index contributed by atoms with van der Waals surface area (Å²) >= 11 is 0. The van der Waals surface area contributed by atoms with Crippen LogP contribution >= 0.6 is 0 Å². The van der Waals surface area contributed by atoms with E-state index in [-0.39, 0.29) is 11.4 Å². The second-order valence-electron chi connectivity index (χ2n) is 8.45. The molecule has 196 valence electrons. The molecule has 1 aliphatic heterocycles. The van der Waals surface area contributed by atoms with Crippen LogP contribution in [0.4, 0.5) is 33.5 Å². The van der Waals surface area contributed by atoms with Crippen molar-refractivity contribution < 1.29 is 35.2 Å². The van der Waals surface area contributed by atoms with Crippen molar-refractivity contribution in [1.82, 2.24) is 10.3 Å². The second-order valence-corrected chi connectivity index (χ2v) is 10.2. The predicted molar refractivity (Wildman–Crippen MR) is 126 cm³/mol. The molecule has 0 saturated carbocycles. The number of amides is 1. The summed E-state index contributed by atoms with van der Waals surface area (Å²) in [6.45, 7) is 2.54. The van der Waals surface area contributed by atoms with E-state index in [9.17, 15) is 35.2 Å². The highest BCUT2D eigenvalue weighted by Crippen LogP contribution is 2.32. The van der Waals surface area contributed by atoms with E-state index in [1.807, 2.05) is 0 Å². The molecule has 2 heterocycles. The van der Waals surface area contributed by atoms with Crippen LogP contribution in [-0.4, -0.2) is 38.7 Å². The number of benzene rings is 1. The van der Waals surface area contributed by atoms with Gasteiger partial charge in [-0.15, -0.1) is 0 Å². The van der Waals surface area contributed by atoms with E-state index in [1.165, 1.54) is 19.1 Å². The molecule has 1 amide bonds. The van der Waals surface area contributed by atoms with Crippen molar-refractivity contribution in [2.24, 2.45) is 0 Å². The van der Waals surface area contributed by atoms with Crippen LogP contribution in [0.25, 0.3) is 6.08 Å². The Bertz CT molecular complexity index is 1240. The van der Waals surface area contributed by atoms with Gasteiger partial charge in [0.1, 0.15) is 17.2 Å². The average molecular weight is 533 g/mol. The number of pyridine rings is 1. The number of halogens is 5. The second kappa shape index (κ2) is 10.8. The molecule has 3 rings (SSSR count). The Hall–Kier alpha value is -3.22. The van der Waals surface area contributed by atoms with Crippen molar-refractivity contribution in [1.29, 1.82) is 0 Å². The number of hydrogen-bond acceptors (Lipinski definition) is 5. The minimum atomic E-state index is -4.61. The van der Waals surface area contributed by atoms with Crippen LogP contribution < -0.4 is 14.9 Å². The van der Waals surface area contributed by atoms with Crippen LogP contribution in [0.3, 0.4) is 0 Å². The van der Waals surface area contributed by atoms with Crippen LogP contribution in [0, 0.1) is 11.6 Å². The highest BCUT2D eigenvalue weighted by atomic mass is 32.2. The van der Waals surface area contributed by atoms with Crippen LogP contribution in [0.5, 0.6) is 0 Å². The van der Waals surface area contributed by atoms with Gasteiger partial charge in [0.25, 0.3) is 0 Å². The number of aromatic nitrogens is 1. The van der Waals surface area contributed by atoms with Gasteiger partial charge in [0.2, 0.25) is 15.9 Å². The fourth-order valence-corrected chi connectivity index (χ4v) is 4.31. The molecule has 1 unspecified atom stereocenters. The lowest BCUT2D eigenvalue weighted by molar-refractivity contribution is -0.141. The van der Waals surface area contributed by atoms with E-state index < -0.39 is 51.2 Å². The maximum Gasteiger partial charge on any atom is 0.433 e. The Labute approximate surface area is 205 Å². The first kappa shape index (κ1) is 27.4. The van der Waals surface area contributed by atoms with E-state index in [0.717, 1.165) is 49.8 Å². The summed E-state index contributed by atoms with van der Waals surface area (Å²) in [5, 5.41) is 2.51. The molecule has 1 fully saturated rings. The molecule has 1 saturated heterocycles. The first-order valence-electron chi connectivity index (χ1n) is 11.0. The number of carbonyl (C=O) groups excluding carboxylic acids is 1. The van der Waals surface area contributed by atoms with Gasteiger partial charge in [-0.3, -0.25) is 9.52 Å². The van der Waals surface area contributed by atoms with Crippen molar-refractivity contribution in [3.8, 4) is 0 Å². The zero-order valence-corrected chi connectivity index (χ0v) is 20.3. The van der Waals surface area contributed by atoms with Gasteiger partial charge in [0.15, 0.2) is 11.6 Å². The molecule has 1 aromatic heterocycles. The molecule has 0 bridgehead atoms. The molecule has 1 atom stereocenters. The van der Waals surface area contributed by atoms with Gasteiger partial charge in [0, 0.05) is 24.7 Å². The number of hydrogen-bond donors (Lipinski definition) is 2. The summed E-state index contributed by atoms with van der Waals surface area (Å²) in [6, 6.07) is 2.99. The van der Waals surface area contributed by atoms with Gasteiger partial charge in [-0.1, -0.05) is 0 Å². The van der Waals surface area contributed by atoms with E-state index >= 15 is 0 Å². The van der Waals surface area contributed by atoms with Gasteiger partial charge < -0.3 is 10.2 Å². The maximum atomic E-state index is 14.3. The molecule has 0 spiro atoms. The minimum absolute atomic E-state index is 0.0380. The molecule has 1 aliphatic rings. The first-order valence-corrected chi connectivity index (χ1v) is 12.9. The quantitative estimate of drug-likeness (QED) is 0.401. The molecule has 0 radical (unpaired) electrons. The Kier molecular flexibility index (Phi) is 8.22. The van der Waals surface area contributed by atoms with E-state index in [4.69, 9.17) is 0 Å². The molecular formula is C23H25F5N4O3S. The van der Waals surface area contributed by atoms with Crippen molar-refractivity contribution in [3.05, 3.63) is 58.8 Å². The molecule has 1 aromatic carbocycles. The van der Waals surface area contributed by atoms with E-state index in [2.05, 4.69) is 10.3 Å². The van der Waals surface area contributed by atoms with Crippen molar-refractivity contribution in [2.75, 3.05) is 29.0 Å². The van der Waals surface area contributed by atoms with Gasteiger partial charge in [-0.2, -0.15) is 13.2 Å². The lowest BCUT2D eigenvalue weighted by Crippen LogP contribution is -2.31. The molecule has 7 nitrogen and oxygen atoms in total. The number of alkyl halides is 3. The minimum Gasteiger partial charge on any atom is -0.356 e. The molecule has 2 aromatic rings. The number of anilines is 2. The van der Waals surface area contributed by atoms with E-state index in [1.54, 1.807) is 9.62 Å². The standard InChI is InChI=1S/C23H25F5N4O3S/c1-14(16-12-17(24)21(18(25)13-16)31-36(2,34)35)29-20(33)9-7-15-6-8-19(23(26,27)28)30-22(15)32-10-4-3-5-11-32/h6-9,12-14,31H,3-5,10-11H2,1-2H3,(H,29,33). The van der Waals surface area contributed by atoms with Crippen molar-refractivity contribution >= 4 is 33.5 Å².